The number of pyridine rings is 1. The Morgan fingerprint density at radius 3 is 2.36 bits per heavy atom. The highest BCUT2D eigenvalue weighted by molar-refractivity contribution is 7.91. The third-order valence-corrected chi connectivity index (χ3v) is 7.04. The van der Waals surface area contributed by atoms with Crippen LogP contribution in [0, 0.1) is 11.6 Å². The monoisotopic (exact) mass is 469 g/mol. The van der Waals surface area contributed by atoms with Crippen molar-refractivity contribution in [1.29, 1.82) is 0 Å². The van der Waals surface area contributed by atoms with Crippen LogP contribution in [0.4, 0.5) is 8.78 Å². The van der Waals surface area contributed by atoms with Crippen LogP contribution in [0.5, 0.6) is 0 Å². The van der Waals surface area contributed by atoms with Crippen molar-refractivity contribution in [1.82, 2.24) is 9.97 Å². The summed E-state index contributed by atoms with van der Waals surface area (Å²) < 4.78 is 53.1. The summed E-state index contributed by atoms with van der Waals surface area (Å²) in [6.45, 7) is 1.55. The summed E-state index contributed by atoms with van der Waals surface area (Å²) in [7, 11) is -3.36. The number of ketones is 1. The van der Waals surface area contributed by atoms with Gasteiger partial charge in [0.2, 0.25) is 5.78 Å². The number of sulfone groups is 1. The van der Waals surface area contributed by atoms with Gasteiger partial charge in [-0.05, 0) is 35.9 Å². The van der Waals surface area contributed by atoms with Crippen LogP contribution in [-0.4, -0.2) is 35.8 Å². The molecule has 2 aromatic carbocycles. The molecule has 0 aliphatic rings. The molecule has 3 N–H and O–H groups in total. The number of nitrogens with one attached hydrogen (secondary N) is 1. The Labute approximate surface area is 187 Å². The van der Waals surface area contributed by atoms with Gasteiger partial charge in [0, 0.05) is 28.9 Å². The lowest BCUT2D eigenvalue weighted by molar-refractivity contribution is 0.0996. The number of carbonyl (C=O) groups excluding carboxylic acids is 2. The molecule has 2 aromatic heterocycles. The van der Waals surface area contributed by atoms with Crippen LogP contribution >= 0.6 is 0 Å². The van der Waals surface area contributed by atoms with E-state index in [4.69, 9.17) is 5.73 Å². The standard InChI is InChI=1S/C23H17F2N3O4S/c1-2-33(31,32)14-5-3-12(4-6-14)13-9-16-17(11-28-23(16)27-10-13)21(29)19-18(24)8-7-15(20(19)25)22(26)30/h3-11H,2H2,1H3,(H2,26,30)(H,27,28). The summed E-state index contributed by atoms with van der Waals surface area (Å²) >= 11 is 0. The predicted molar refractivity (Wildman–Crippen MR) is 118 cm³/mol. The highest BCUT2D eigenvalue weighted by atomic mass is 32.2. The number of amides is 1. The minimum Gasteiger partial charge on any atom is -0.366 e. The van der Waals surface area contributed by atoms with Gasteiger partial charge in [-0.15, -0.1) is 0 Å². The van der Waals surface area contributed by atoms with Crippen LogP contribution in [0.2, 0.25) is 0 Å². The second kappa shape index (κ2) is 8.21. The quantitative estimate of drug-likeness (QED) is 0.418. The first-order valence-electron chi connectivity index (χ1n) is 9.77. The number of fused-ring (bicyclic) bond motifs is 1. The molecule has 33 heavy (non-hydrogen) atoms. The topological polar surface area (TPSA) is 123 Å². The highest BCUT2D eigenvalue weighted by Gasteiger charge is 2.26. The van der Waals surface area contributed by atoms with E-state index in [2.05, 4.69) is 9.97 Å². The number of rotatable bonds is 6. The zero-order valence-electron chi connectivity index (χ0n) is 17.2. The molecule has 0 spiro atoms. The Morgan fingerprint density at radius 1 is 1.03 bits per heavy atom. The first-order valence-corrected chi connectivity index (χ1v) is 11.4. The molecule has 0 atom stereocenters. The number of nitrogens with zero attached hydrogens (tertiary/aromatic N) is 1. The van der Waals surface area contributed by atoms with E-state index in [1.165, 1.54) is 24.5 Å². The second-order valence-corrected chi connectivity index (χ2v) is 9.51. The summed E-state index contributed by atoms with van der Waals surface area (Å²) in [6.07, 6.45) is 2.79. The maximum absolute atomic E-state index is 14.7. The lowest BCUT2D eigenvalue weighted by Gasteiger charge is -2.07. The van der Waals surface area contributed by atoms with Gasteiger partial charge in [-0.25, -0.2) is 22.2 Å². The van der Waals surface area contributed by atoms with Gasteiger partial charge in [0.25, 0.3) is 5.91 Å². The van der Waals surface area contributed by atoms with E-state index in [1.807, 2.05) is 0 Å². The molecule has 7 nitrogen and oxygen atoms in total. The SMILES string of the molecule is CCS(=O)(=O)c1ccc(-c2cnc3[nH]cc(C(=O)c4c(F)ccc(C(N)=O)c4F)c3c2)cc1. The average molecular weight is 469 g/mol. The average Bonchev–Trinajstić information content (AvgIpc) is 3.22. The minimum absolute atomic E-state index is 0.0290. The molecule has 0 bridgehead atoms. The van der Waals surface area contributed by atoms with Crippen molar-refractivity contribution in [3.05, 3.63) is 83.2 Å². The molecule has 0 radical (unpaired) electrons. The molecule has 4 rings (SSSR count). The van der Waals surface area contributed by atoms with Gasteiger partial charge in [0.15, 0.2) is 9.84 Å². The Kier molecular flexibility index (Phi) is 5.54. The Morgan fingerprint density at radius 2 is 1.73 bits per heavy atom. The van der Waals surface area contributed by atoms with Crippen molar-refractivity contribution < 1.29 is 26.8 Å². The van der Waals surface area contributed by atoms with E-state index in [9.17, 15) is 26.8 Å². The molecule has 168 valence electrons. The fourth-order valence-electron chi connectivity index (χ4n) is 3.46. The number of hydrogen-bond donors (Lipinski definition) is 2. The lowest BCUT2D eigenvalue weighted by atomic mass is 9.98. The van der Waals surface area contributed by atoms with Crippen molar-refractivity contribution in [2.45, 2.75) is 11.8 Å². The Hall–Kier alpha value is -3.92. The number of aromatic amines is 1. The molecule has 1 amide bonds. The van der Waals surface area contributed by atoms with Gasteiger partial charge in [-0.3, -0.25) is 9.59 Å². The maximum Gasteiger partial charge on any atom is 0.251 e. The molecule has 0 fully saturated rings. The molecule has 0 saturated carbocycles. The fourth-order valence-corrected chi connectivity index (χ4v) is 4.34. The van der Waals surface area contributed by atoms with Crippen molar-refractivity contribution in [2.24, 2.45) is 5.73 Å². The third kappa shape index (κ3) is 3.89. The van der Waals surface area contributed by atoms with Crippen LogP contribution in [0.15, 0.2) is 59.8 Å². The van der Waals surface area contributed by atoms with Gasteiger partial charge in [0.05, 0.1) is 21.8 Å². The van der Waals surface area contributed by atoms with Crippen molar-refractivity contribution in [3.8, 4) is 11.1 Å². The number of nitrogens with two attached hydrogens (primary N) is 1. The van der Waals surface area contributed by atoms with Crippen LogP contribution in [0.25, 0.3) is 22.2 Å². The van der Waals surface area contributed by atoms with E-state index in [1.54, 1.807) is 25.1 Å². The van der Waals surface area contributed by atoms with E-state index < -0.39 is 44.3 Å². The summed E-state index contributed by atoms with van der Waals surface area (Å²) in [4.78, 5) is 31.6. The normalized spacial score (nSPS) is 11.6. The minimum atomic E-state index is -3.36. The molecule has 4 aromatic rings. The first-order chi connectivity index (χ1) is 15.6. The first kappa shape index (κ1) is 22.3. The van der Waals surface area contributed by atoms with Gasteiger partial charge in [-0.1, -0.05) is 19.1 Å². The molecular formula is C23H17F2N3O4S. The molecule has 10 heteroatoms. The molecule has 0 unspecified atom stereocenters. The maximum atomic E-state index is 14.7. The summed E-state index contributed by atoms with van der Waals surface area (Å²) in [5.74, 6) is -4.60. The van der Waals surface area contributed by atoms with Gasteiger partial charge in [-0.2, -0.15) is 0 Å². The summed E-state index contributed by atoms with van der Waals surface area (Å²) in [6, 6.07) is 9.44. The number of halogens is 2. The fraction of sp³-hybridized carbons (Fsp3) is 0.0870. The predicted octanol–water partition coefficient (Wildman–Crippen LogP) is 3.63. The lowest BCUT2D eigenvalue weighted by Crippen LogP contribution is -2.17. The molecule has 0 aliphatic carbocycles. The van der Waals surface area contributed by atoms with E-state index in [-0.39, 0.29) is 16.2 Å². The zero-order chi connectivity index (χ0) is 23.9. The van der Waals surface area contributed by atoms with Gasteiger partial charge in [0.1, 0.15) is 17.3 Å². The largest absolute Gasteiger partial charge is 0.366 e. The Balaban J connectivity index is 1.80. The number of aromatic nitrogens is 2. The van der Waals surface area contributed by atoms with Crippen molar-refractivity contribution in [2.75, 3.05) is 5.75 Å². The van der Waals surface area contributed by atoms with Crippen molar-refractivity contribution in [3.63, 3.8) is 0 Å². The molecule has 0 aliphatic heterocycles. The zero-order valence-corrected chi connectivity index (χ0v) is 18.0. The van der Waals surface area contributed by atoms with Gasteiger partial charge >= 0.3 is 0 Å². The number of benzene rings is 2. The molecular weight excluding hydrogens is 452 g/mol. The Bertz CT molecular complexity index is 1530. The van der Waals surface area contributed by atoms with Crippen LogP contribution in [-0.2, 0) is 9.84 Å². The van der Waals surface area contributed by atoms with E-state index >= 15 is 0 Å². The highest BCUT2D eigenvalue weighted by Crippen LogP contribution is 2.29. The summed E-state index contributed by atoms with van der Waals surface area (Å²) in [5.41, 5.74) is 5.06. The van der Waals surface area contributed by atoms with Crippen LogP contribution < -0.4 is 5.73 Å². The number of hydrogen-bond acceptors (Lipinski definition) is 5. The van der Waals surface area contributed by atoms with E-state index in [0.717, 1.165) is 12.1 Å². The second-order valence-electron chi connectivity index (χ2n) is 7.23. The molecule has 2 heterocycles. The summed E-state index contributed by atoms with van der Waals surface area (Å²) in [5, 5.41) is 0.297. The van der Waals surface area contributed by atoms with Crippen LogP contribution in [0.3, 0.4) is 0 Å². The number of carbonyl (C=O) groups is 2. The third-order valence-electron chi connectivity index (χ3n) is 5.29. The van der Waals surface area contributed by atoms with Gasteiger partial charge < -0.3 is 10.7 Å². The molecule has 0 saturated heterocycles. The smallest absolute Gasteiger partial charge is 0.251 e. The number of H-pyrrole nitrogens is 1. The van der Waals surface area contributed by atoms with Crippen molar-refractivity contribution >= 4 is 32.6 Å². The van der Waals surface area contributed by atoms with Crippen LogP contribution in [0.1, 0.15) is 33.2 Å². The number of primary amides is 1. The van der Waals surface area contributed by atoms with E-state index in [0.29, 0.717) is 22.2 Å².